The number of carboxylic acid groups (broad SMARTS) is 1. The molecule has 110 valence electrons. The molecule has 1 amide bonds. The molecule has 0 aromatic heterocycles. The minimum absolute atomic E-state index is 0.158. The first kappa shape index (κ1) is 16.1. The zero-order valence-corrected chi connectivity index (χ0v) is 11.3. The summed E-state index contributed by atoms with van der Waals surface area (Å²) in [4.78, 5) is 22.1. The van der Waals surface area contributed by atoms with Crippen molar-refractivity contribution in [1.29, 1.82) is 0 Å². The summed E-state index contributed by atoms with van der Waals surface area (Å²) in [6.07, 6.45) is 0.0642. The summed E-state index contributed by atoms with van der Waals surface area (Å²) in [5, 5.41) is 11.3. The van der Waals surface area contributed by atoms with Crippen molar-refractivity contribution < 1.29 is 23.8 Å². The molecule has 0 heterocycles. The average molecular weight is 283 g/mol. The van der Waals surface area contributed by atoms with E-state index in [1.165, 1.54) is 19.2 Å². The fourth-order valence-corrected chi connectivity index (χ4v) is 1.66. The normalized spacial score (nSPS) is 11.9. The number of amides is 1. The fraction of sp³-hybridized carbons (Fsp3) is 0.429. The molecule has 1 atom stereocenters. The van der Waals surface area contributed by atoms with E-state index in [4.69, 9.17) is 9.84 Å². The van der Waals surface area contributed by atoms with Gasteiger partial charge in [0.15, 0.2) is 0 Å². The lowest BCUT2D eigenvalue weighted by atomic mass is 10.1. The molecule has 6 heteroatoms. The molecule has 1 unspecified atom stereocenters. The second kappa shape index (κ2) is 8.27. The molecule has 20 heavy (non-hydrogen) atoms. The second-order valence-electron chi connectivity index (χ2n) is 4.39. The van der Waals surface area contributed by atoms with Gasteiger partial charge in [-0.25, -0.2) is 4.39 Å². The van der Waals surface area contributed by atoms with Gasteiger partial charge in [0, 0.05) is 20.1 Å². The Kier molecular flexibility index (Phi) is 6.66. The third-order valence-corrected chi connectivity index (χ3v) is 2.82. The lowest BCUT2D eigenvalue weighted by molar-refractivity contribution is -0.140. The van der Waals surface area contributed by atoms with Gasteiger partial charge < -0.3 is 15.2 Å². The van der Waals surface area contributed by atoms with Gasteiger partial charge in [-0.3, -0.25) is 9.59 Å². The van der Waals surface area contributed by atoms with Crippen LogP contribution in [0.5, 0.6) is 0 Å². The third-order valence-electron chi connectivity index (χ3n) is 2.82. The first-order valence-electron chi connectivity index (χ1n) is 6.27. The number of hydrogen-bond acceptors (Lipinski definition) is 3. The predicted octanol–water partition coefficient (Wildman–Crippen LogP) is 1.36. The number of aryl methyl sites for hydroxylation is 1. The number of aliphatic carboxylic acids is 1. The minimum atomic E-state index is -0.975. The molecular formula is C14H18FNO4. The van der Waals surface area contributed by atoms with Crippen LogP contribution in [0.25, 0.3) is 0 Å². The van der Waals surface area contributed by atoms with E-state index in [0.717, 1.165) is 5.56 Å². The molecule has 1 aromatic rings. The summed E-state index contributed by atoms with van der Waals surface area (Å²) in [6.45, 7) is 0.158. The Labute approximate surface area is 116 Å². The first-order chi connectivity index (χ1) is 9.51. The highest BCUT2D eigenvalue weighted by molar-refractivity contribution is 5.76. The SMILES string of the molecule is COC(CNC(=O)CCc1ccc(F)cc1)CC(=O)O. The van der Waals surface area contributed by atoms with Crippen LogP contribution in [-0.4, -0.2) is 36.7 Å². The molecule has 1 aromatic carbocycles. The number of carbonyl (C=O) groups excluding carboxylic acids is 1. The molecule has 0 bridgehead atoms. The molecule has 0 aliphatic heterocycles. The van der Waals surface area contributed by atoms with E-state index >= 15 is 0 Å². The molecule has 1 rings (SSSR count). The number of halogens is 1. The first-order valence-corrected chi connectivity index (χ1v) is 6.27. The summed E-state index contributed by atoms with van der Waals surface area (Å²) in [5.74, 6) is -1.48. The van der Waals surface area contributed by atoms with Crippen LogP contribution in [0.3, 0.4) is 0 Å². The Hall–Kier alpha value is -1.95. The minimum Gasteiger partial charge on any atom is -0.481 e. The maximum Gasteiger partial charge on any atom is 0.306 e. The van der Waals surface area contributed by atoms with Crippen LogP contribution >= 0.6 is 0 Å². The van der Waals surface area contributed by atoms with Crippen LogP contribution in [0, 0.1) is 5.82 Å². The van der Waals surface area contributed by atoms with E-state index in [1.807, 2.05) is 0 Å². The summed E-state index contributed by atoms with van der Waals surface area (Å²) in [5.41, 5.74) is 0.871. The summed E-state index contributed by atoms with van der Waals surface area (Å²) in [6, 6.07) is 5.96. The molecule has 5 nitrogen and oxygen atoms in total. The molecule has 0 spiro atoms. The predicted molar refractivity (Wildman–Crippen MR) is 70.8 cm³/mol. The van der Waals surface area contributed by atoms with E-state index in [2.05, 4.69) is 5.32 Å². The van der Waals surface area contributed by atoms with Crippen molar-refractivity contribution in [3.63, 3.8) is 0 Å². The van der Waals surface area contributed by atoms with Crippen molar-refractivity contribution in [2.75, 3.05) is 13.7 Å². The van der Waals surface area contributed by atoms with Gasteiger partial charge in [0.05, 0.1) is 12.5 Å². The summed E-state index contributed by atoms with van der Waals surface area (Å²) >= 11 is 0. The number of rotatable bonds is 8. The van der Waals surface area contributed by atoms with Crippen LogP contribution in [0.4, 0.5) is 4.39 Å². The smallest absolute Gasteiger partial charge is 0.306 e. The average Bonchev–Trinajstić information content (AvgIpc) is 2.42. The van der Waals surface area contributed by atoms with Gasteiger partial charge in [0.1, 0.15) is 5.82 Å². The topological polar surface area (TPSA) is 75.6 Å². The number of methoxy groups -OCH3 is 1. The Morgan fingerprint density at radius 3 is 2.55 bits per heavy atom. The highest BCUT2D eigenvalue weighted by Crippen LogP contribution is 2.05. The van der Waals surface area contributed by atoms with Crippen LogP contribution in [0.15, 0.2) is 24.3 Å². The zero-order chi connectivity index (χ0) is 15.0. The number of carboxylic acids is 1. The second-order valence-corrected chi connectivity index (χ2v) is 4.39. The number of nitrogens with one attached hydrogen (secondary N) is 1. The van der Waals surface area contributed by atoms with E-state index < -0.39 is 12.1 Å². The maximum absolute atomic E-state index is 12.7. The van der Waals surface area contributed by atoms with E-state index in [9.17, 15) is 14.0 Å². The van der Waals surface area contributed by atoms with Crippen LogP contribution < -0.4 is 5.32 Å². The van der Waals surface area contributed by atoms with E-state index in [0.29, 0.717) is 6.42 Å². The van der Waals surface area contributed by atoms with Crippen molar-refractivity contribution in [2.45, 2.75) is 25.4 Å². The van der Waals surface area contributed by atoms with Gasteiger partial charge in [-0.1, -0.05) is 12.1 Å². The van der Waals surface area contributed by atoms with Crippen LogP contribution in [0.1, 0.15) is 18.4 Å². The third kappa shape index (κ3) is 6.29. The largest absolute Gasteiger partial charge is 0.481 e. The molecule has 0 radical (unpaired) electrons. The number of benzene rings is 1. The van der Waals surface area contributed by atoms with Crippen LogP contribution in [-0.2, 0) is 20.7 Å². The van der Waals surface area contributed by atoms with Gasteiger partial charge in [-0.05, 0) is 24.1 Å². The Morgan fingerprint density at radius 1 is 1.35 bits per heavy atom. The van der Waals surface area contributed by atoms with Gasteiger partial charge in [0.2, 0.25) is 5.91 Å². The summed E-state index contributed by atoms with van der Waals surface area (Å²) < 4.78 is 17.6. The van der Waals surface area contributed by atoms with Gasteiger partial charge in [-0.2, -0.15) is 0 Å². The fourth-order valence-electron chi connectivity index (χ4n) is 1.66. The lowest BCUT2D eigenvalue weighted by Gasteiger charge is -2.13. The molecule has 0 aliphatic carbocycles. The van der Waals surface area contributed by atoms with Crippen molar-refractivity contribution >= 4 is 11.9 Å². The van der Waals surface area contributed by atoms with Crippen molar-refractivity contribution in [2.24, 2.45) is 0 Å². The molecule has 2 N–H and O–H groups in total. The lowest BCUT2D eigenvalue weighted by Crippen LogP contribution is -2.34. The standard InChI is InChI=1S/C14H18FNO4/c1-20-12(8-14(18)19)9-16-13(17)7-4-10-2-5-11(15)6-3-10/h2-3,5-6,12H,4,7-9H2,1H3,(H,16,17)(H,18,19). The van der Waals surface area contributed by atoms with Crippen molar-refractivity contribution in [3.8, 4) is 0 Å². The monoisotopic (exact) mass is 283 g/mol. The van der Waals surface area contributed by atoms with E-state index in [-0.39, 0.29) is 31.1 Å². The number of carbonyl (C=O) groups is 2. The number of ether oxygens (including phenoxy) is 1. The maximum atomic E-state index is 12.7. The number of hydrogen-bond donors (Lipinski definition) is 2. The van der Waals surface area contributed by atoms with Gasteiger partial charge >= 0.3 is 5.97 Å². The van der Waals surface area contributed by atoms with Gasteiger partial charge in [0.25, 0.3) is 0 Å². The molecule has 0 saturated carbocycles. The molecule has 0 saturated heterocycles. The van der Waals surface area contributed by atoms with Gasteiger partial charge in [-0.15, -0.1) is 0 Å². The quantitative estimate of drug-likeness (QED) is 0.755. The van der Waals surface area contributed by atoms with Crippen molar-refractivity contribution in [1.82, 2.24) is 5.32 Å². The Bertz CT molecular complexity index is 447. The summed E-state index contributed by atoms with van der Waals surface area (Å²) in [7, 11) is 1.40. The molecule has 0 aliphatic rings. The zero-order valence-electron chi connectivity index (χ0n) is 11.3. The Morgan fingerprint density at radius 2 is 2.00 bits per heavy atom. The Balaban J connectivity index is 2.29. The van der Waals surface area contributed by atoms with Crippen molar-refractivity contribution in [3.05, 3.63) is 35.6 Å². The highest BCUT2D eigenvalue weighted by atomic mass is 19.1. The molecular weight excluding hydrogens is 265 g/mol. The van der Waals surface area contributed by atoms with E-state index in [1.54, 1.807) is 12.1 Å². The molecule has 0 fully saturated rings. The van der Waals surface area contributed by atoms with Crippen LogP contribution in [0.2, 0.25) is 0 Å². The highest BCUT2D eigenvalue weighted by Gasteiger charge is 2.13.